The minimum absolute atomic E-state index is 0.138. The molecule has 0 spiro atoms. The summed E-state index contributed by atoms with van der Waals surface area (Å²) in [5.74, 6) is -0.493. The summed E-state index contributed by atoms with van der Waals surface area (Å²) in [6.07, 6.45) is 0.508. The molecule has 4 rings (SSSR count). The molecule has 2 amide bonds. The number of para-hydroxylation sites is 2. The van der Waals surface area contributed by atoms with Crippen molar-refractivity contribution in [1.82, 2.24) is 4.90 Å². The number of nitrogens with zero attached hydrogens (tertiary/aromatic N) is 3. The van der Waals surface area contributed by atoms with E-state index in [0.717, 1.165) is 5.56 Å². The number of amidine groups is 2. The quantitative estimate of drug-likeness (QED) is 0.828. The molecule has 0 radical (unpaired) electrons. The summed E-state index contributed by atoms with van der Waals surface area (Å²) in [5.41, 5.74) is 1.63. The van der Waals surface area contributed by atoms with Crippen molar-refractivity contribution in [2.45, 2.75) is 31.6 Å². The summed E-state index contributed by atoms with van der Waals surface area (Å²) in [7, 11) is 0. The van der Waals surface area contributed by atoms with E-state index in [1.54, 1.807) is 24.0 Å². The Hall–Kier alpha value is -3.00. The second-order valence-corrected chi connectivity index (χ2v) is 7.88. The zero-order chi connectivity index (χ0) is 20.5. The van der Waals surface area contributed by atoms with Gasteiger partial charge in [-0.25, -0.2) is 9.38 Å². The van der Waals surface area contributed by atoms with Crippen LogP contribution in [-0.4, -0.2) is 39.0 Å². The van der Waals surface area contributed by atoms with E-state index < -0.39 is 17.1 Å². The van der Waals surface area contributed by atoms with Gasteiger partial charge in [0.2, 0.25) is 5.91 Å². The largest absolute Gasteiger partial charge is 0.323 e. The maximum atomic E-state index is 13.9. The number of anilines is 1. The highest BCUT2D eigenvalue weighted by molar-refractivity contribution is 8.15. The third kappa shape index (κ3) is 3.55. The van der Waals surface area contributed by atoms with Crippen LogP contribution in [-0.2, 0) is 9.59 Å². The predicted molar refractivity (Wildman–Crippen MR) is 113 cm³/mol. The fraction of sp³-hybridized carbons (Fsp3) is 0.238. The Morgan fingerprint density at radius 1 is 1.21 bits per heavy atom. The van der Waals surface area contributed by atoms with E-state index in [4.69, 9.17) is 0 Å². The van der Waals surface area contributed by atoms with E-state index in [2.05, 4.69) is 15.3 Å². The lowest BCUT2D eigenvalue weighted by molar-refractivity contribution is -0.119. The van der Waals surface area contributed by atoms with Crippen LogP contribution in [0.15, 0.2) is 58.5 Å². The Labute approximate surface area is 171 Å². The molecule has 1 N–H and O–H groups in total. The molecule has 29 heavy (non-hydrogen) atoms. The van der Waals surface area contributed by atoms with Crippen LogP contribution in [0.4, 0.5) is 15.8 Å². The van der Waals surface area contributed by atoms with Gasteiger partial charge in [0.15, 0.2) is 5.17 Å². The number of halogens is 1. The molecule has 0 fully saturated rings. The van der Waals surface area contributed by atoms with Gasteiger partial charge in [0, 0.05) is 5.56 Å². The zero-order valence-corrected chi connectivity index (χ0v) is 16.7. The number of fused-ring (bicyclic) bond motifs is 3. The van der Waals surface area contributed by atoms with Crippen molar-refractivity contribution >= 4 is 46.0 Å². The number of hydrogen-bond acceptors (Lipinski definition) is 5. The topological polar surface area (TPSA) is 74.1 Å². The average molecular weight is 410 g/mol. The Morgan fingerprint density at radius 2 is 1.93 bits per heavy atom. The van der Waals surface area contributed by atoms with Crippen molar-refractivity contribution in [1.29, 1.82) is 0 Å². The molecule has 0 saturated heterocycles. The molecule has 8 heteroatoms. The van der Waals surface area contributed by atoms with Crippen molar-refractivity contribution in [3.63, 3.8) is 0 Å². The fourth-order valence-electron chi connectivity index (χ4n) is 3.22. The number of amides is 2. The number of nitrogens with one attached hydrogen (secondary N) is 1. The first-order valence-electron chi connectivity index (χ1n) is 9.31. The number of aliphatic imine (C=N–C) groups is 2. The Bertz CT molecular complexity index is 1050. The number of rotatable bonds is 4. The maximum Gasteiger partial charge on any atom is 0.270 e. The van der Waals surface area contributed by atoms with Crippen LogP contribution < -0.4 is 5.32 Å². The van der Waals surface area contributed by atoms with Gasteiger partial charge in [0.25, 0.3) is 5.91 Å². The van der Waals surface area contributed by atoms with E-state index in [-0.39, 0.29) is 17.5 Å². The number of thioether (sulfide) groups is 1. The van der Waals surface area contributed by atoms with Crippen molar-refractivity contribution < 1.29 is 14.0 Å². The van der Waals surface area contributed by atoms with Crippen LogP contribution in [0.2, 0.25) is 0 Å². The summed E-state index contributed by atoms with van der Waals surface area (Å²) in [4.78, 5) is 35.7. The molecule has 148 valence electrons. The van der Waals surface area contributed by atoms with E-state index >= 15 is 0 Å². The van der Waals surface area contributed by atoms with Gasteiger partial charge in [-0.1, -0.05) is 43.0 Å². The average Bonchev–Trinajstić information content (AvgIpc) is 3.03. The molecule has 0 aromatic heterocycles. The third-order valence-corrected chi connectivity index (χ3v) is 6.13. The molecule has 2 unspecified atom stereocenters. The zero-order valence-electron chi connectivity index (χ0n) is 15.9. The van der Waals surface area contributed by atoms with Crippen molar-refractivity contribution in [2.75, 3.05) is 5.32 Å². The lowest BCUT2D eigenvalue weighted by atomic mass is 10.1. The van der Waals surface area contributed by atoms with Crippen LogP contribution in [0.25, 0.3) is 0 Å². The lowest BCUT2D eigenvalue weighted by Gasteiger charge is -2.30. The first-order chi connectivity index (χ1) is 14.0. The van der Waals surface area contributed by atoms with E-state index in [0.29, 0.717) is 23.1 Å². The van der Waals surface area contributed by atoms with E-state index in [9.17, 15) is 14.0 Å². The summed E-state index contributed by atoms with van der Waals surface area (Å²) in [6, 6.07) is 13.0. The third-order valence-electron chi connectivity index (χ3n) is 4.80. The number of hydrogen-bond donors (Lipinski definition) is 1. The first kappa shape index (κ1) is 19.3. The van der Waals surface area contributed by atoms with Crippen LogP contribution in [0.5, 0.6) is 0 Å². The van der Waals surface area contributed by atoms with E-state index in [1.807, 2.05) is 31.2 Å². The van der Waals surface area contributed by atoms with Gasteiger partial charge in [-0.05, 0) is 37.6 Å². The highest BCUT2D eigenvalue weighted by atomic mass is 32.2. The molecule has 0 bridgehead atoms. The molecule has 2 atom stereocenters. The Morgan fingerprint density at radius 3 is 2.69 bits per heavy atom. The minimum atomic E-state index is -0.511. The molecular weight excluding hydrogens is 391 g/mol. The van der Waals surface area contributed by atoms with Gasteiger partial charge in [-0.2, -0.15) is 4.99 Å². The smallest absolute Gasteiger partial charge is 0.270 e. The van der Waals surface area contributed by atoms with Gasteiger partial charge in [0.05, 0.1) is 16.6 Å². The molecule has 2 aliphatic heterocycles. The molecule has 2 aromatic rings. The first-order valence-corrected chi connectivity index (χ1v) is 10.2. The summed E-state index contributed by atoms with van der Waals surface area (Å²) < 4.78 is 13.9. The normalized spacial score (nSPS) is 18.5. The van der Waals surface area contributed by atoms with E-state index in [1.165, 1.54) is 23.9 Å². The van der Waals surface area contributed by atoms with Gasteiger partial charge >= 0.3 is 0 Å². The monoisotopic (exact) mass is 410 g/mol. The van der Waals surface area contributed by atoms with Crippen molar-refractivity contribution in [2.24, 2.45) is 9.98 Å². The molecule has 0 aliphatic carbocycles. The minimum Gasteiger partial charge on any atom is -0.323 e. The van der Waals surface area contributed by atoms with Gasteiger partial charge in [-0.3, -0.25) is 14.5 Å². The molecule has 2 aliphatic rings. The second kappa shape index (κ2) is 7.79. The van der Waals surface area contributed by atoms with Gasteiger partial charge in [0.1, 0.15) is 17.7 Å². The molecule has 2 heterocycles. The maximum absolute atomic E-state index is 13.9. The van der Waals surface area contributed by atoms with Crippen LogP contribution >= 0.6 is 11.8 Å². The SMILES string of the molecule is CCC(SC1=Nc2ccccc2C2=NC(=O)C(C)N12)C(=O)Nc1ccccc1F. The standard InChI is InChI=1S/C21H19FN4O2S/c1-3-17(20(28)23-16-11-7-5-9-14(16)22)29-21-24-15-10-6-4-8-13(15)18-25-19(27)12(2)26(18)21/h4-12,17H,3H2,1-2H3,(H,23,28). The Balaban J connectivity index is 1.62. The van der Waals surface area contributed by atoms with Gasteiger partial charge in [-0.15, -0.1) is 0 Å². The van der Waals surface area contributed by atoms with Gasteiger partial charge < -0.3 is 5.32 Å². The summed E-state index contributed by atoms with van der Waals surface area (Å²) >= 11 is 1.25. The number of carbonyl (C=O) groups excluding carboxylic acids is 2. The fourth-order valence-corrected chi connectivity index (χ4v) is 4.31. The van der Waals surface area contributed by atoms with Crippen LogP contribution in [0.1, 0.15) is 25.8 Å². The molecule has 0 saturated carbocycles. The molecule has 2 aromatic carbocycles. The van der Waals surface area contributed by atoms with Crippen LogP contribution in [0.3, 0.4) is 0 Å². The second-order valence-electron chi connectivity index (χ2n) is 6.71. The summed E-state index contributed by atoms with van der Waals surface area (Å²) in [6.45, 7) is 3.65. The summed E-state index contributed by atoms with van der Waals surface area (Å²) in [5, 5.41) is 2.67. The lowest BCUT2D eigenvalue weighted by Crippen LogP contribution is -2.43. The number of carbonyl (C=O) groups is 2. The van der Waals surface area contributed by atoms with Crippen molar-refractivity contribution in [3.05, 3.63) is 59.9 Å². The highest BCUT2D eigenvalue weighted by Gasteiger charge is 2.40. The molecule has 6 nitrogen and oxygen atoms in total. The Kier molecular flexibility index (Phi) is 5.19. The van der Waals surface area contributed by atoms with Crippen molar-refractivity contribution in [3.8, 4) is 0 Å². The predicted octanol–water partition coefficient (Wildman–Crippen LogP) is 3.95. The highest BCUT2D eigenvalue weighted by Crippen LogP contribution is 2.35. The molecular formula is C21H19FN4O2S. The van der Waals surface area contributed by atoms with Crippen LogP contribution in [0, 0.1) is 5.82 Å². The number of benzene rings is 2.